The van der Waals surface area contributed by atoms with E-state index in [9.17, 15) is 9.59 Å². The lowest BCUT2D eigenvalue weighted by molar-refractivity contribution is -0.137. The zero-order valence-electron chi connectivity index (χ0n) is 9.94. The van der Waals surface area contributed by atoms with E-state index in [-0.39, 0.29) is 18.1 Å². The van der Waals surface area contributed by atoms with Gasteiger partial charge in [-0.15, -0.1) is 16.4 Å². The van der Waals surface area contributed by atoms with E-state index in [1.54, 1.807) is 11.3 Å². The van der Waals surface area contributed by atoms with Crippen LogP contribution in [0, 0.1) is 0 Å². The number of aliphatic carboxylic acids is 1. The van der Waals surface area contributed by atoms with Crippen molar-refractivity contribution in [3.05, 3.63) is 34.3 Å². The Balaban J connectivity index is 1.82. The number of carboxylic acids is 1. The number of carboxylic acid groups (broad SMARTS) is 1. The second-order valence-corrected chi connectivity index (χ2v) is 4.81. The highest BCUT2D eigenvalue weighted by atomic mass is 32.1. The molecule has 0 atom stereocenters. The van der Waals surface area contributed by atoms with Gasteiger partial charge >= 0.3 is 5.97 Å². The summed E-state index contributed by atoms with van der Waals surface area (Å²) in [6.45, 7) is 0.195. The fourth-order valence-electron chi connectivity index (χ4n) is 1.46. The van der Waals surface area contributed by atoms with Crippen LogP contribution in [-0.4, -0.2) is 38.5 Å². The van der Waals surface area contributed by atoms with Crippen molar-refractivity contribution in [3.8, 4) is 0 Å². The molecular weight excluding hydrogens is 268 g/mol. The van der Waals surface area contributed by atoms with E-state index in [1.807, 2.05) is 17.5 Å². The molecule has 0 radical (unpaired) electrons. The summed E-state index contributed by atoms with van der Waals surface area (Å²) in [5.41, 5.74) is 0.118. The molecule has 0 aromatic carbocycles. The fourth-order valence-corrected chi connectivity index (χ4v) is 2.17. The molecule has 0 aliphatic rings. The molecule has 0 fully saturated rings. The first-order valence-corrected chi connectivity index (χ1v) is 6.45. The van der Waals surface area contributed by atoms with Crippen LogP contribution in [0.2, 0.25) is 0 Å². The molecular formula is C11H12N4O3S. The number of rotatable bonds is 6. The van der Waals surface area contributed by atoms with Crippen LogP contribution >= 0.6 is 11.3 Å². The Morgan fingerprint density at radius 2 is 2.32 bits per heavy atom. The molecule has 0 bridgehead atoms. The van der Waals surface area contributed by atoms with Crippen LogP contribution in [0.25, 0.3) is 0 Å². The Kier molecular flexibility index (Phi) is 4.24. The molecule has 0 saturated carbocycles. The molecule has 2 rings (SSSR count). The molecule has 1 amide bonds. The van der Waals surface area contributed by atoms with Gasteiger partial charge in [-0.3, -0.25) is 9.59 Å². The van der Waals surface area contributed by atoms with Crippen LogP contribution in [-0.2, 0) is 17.8 Å². The summed E-state index contributed by atoms with van der Waals surface area (Å²) >= 11 is 1.63. The molecule has 2 heterocycles. The van der Waals surface area contributed by atoms with Gasteiger partial charge in [0, 0.05) is 11.4 Å². The monoisotopic (exact) mass is 280 g/mol. The summed E-state index contributed by atoms with van der Waals surface area (Å²) in [5, 5.41) is 20.5. The van der Waals surface area contributed by atoms with Gasteiger partial charge in [0.25, 0.3) is 5.91 Å². The number of aromatic nitrogens is 3. The van der Waals surface area contributed by atoms with Gasteiger partial charge < -0.3 is 10.4 Å². The first-order chi connectivity index (χ1) is 9.15. The van der Waals surface area contributed by atoms with Crippen LogP contribution in [0.5, 0.6) is 0 Å². The van der Waals surface area contributed by atoms with Crippen LogP contribution in [0.15, 0.2) is 23.7 Å². The second kappa shape index (κ2) is 6.10. The Morgan fingerprint density at radius 1 is 1.47 bits per heavy atom. The van der Waals surface area contributed by atoms with E-state index in [4.69, 9.17) is 5.11 Å². The van der Waals surface area contributed by atoms with Crippen LogP contribution in [0.1, 0.15) is 15.4 Å². The standard InChI is InChI=1S/C11H12N4O3S/c16-10(17)7-15-6-9(13-14-15)11(18)12-4-3-8-2-1-5-19-8/h1-2,5-6H,3-4,7H2,(H,12,18)(H,16,17). The Hall–Kier alpha value is -2.22. The molecule has 8 heteroatoms. The third-order valence-electron chi connectivity index (χ3n) is 2.31. The van der Waals surface area contributed by atoms with Crippen LogP contribution in [0.4, 0.5) is 0 Å². The van der Waals surface area contributed by atoms with Crippen molar-refractivity contribution < 1.29 is 14.7 Å². The minimum atomic E-state index is -1.03. The minimum Gasteiger partial charge on any atom is -0.480 e. The third kappa shape index (κ3) is 3.88. The Labute approximate surface area is 112 Å². The predicted molar refractivity (Wildman–Crippen MR) is 68.0 cm³/mol. The van der Waals surface area contributed by atoms with Gasteiger partial charge in [-0.2, -0.15) is 0 Å². The molecule has 7 nitrogen and oxygen atoms in total. The van der Waals surface area contributed by atoms with Gasteiger partial charge in [-0.1, -0.05) is 11.3 Å². The fraction of sp³-hybridized carbons (Fsp3) is 0.273. The summed E-state index contributed by atoms with van der Waals surface area (Å²) in [4.78, 5) is 23.4. The summed E-state index contributed by atoms with van der Waals surface area (Å²) in [7, 11) is 0. The zero-order chi connectivity index (χ0) is 13.7. The predicted octanol–water partition coefficient (Wildman–Crippen LogP) is 0.397. The van der Waals surface area contributed by atoms with E-state index in [0.717, 1.165) is 11.1 Å². The number of nitrogens with one attached hydrogen (secondary N) is 1. The maximum atomic E-state index is 11.7. The lowest BCUT2D eigenvalue weighted by atomic mass is 10.3. The van der Waals surface area contributed by atoms with Gasteiger partial charge in [-0.05, 0) is 17.9 Å². The van der Waals surface area contributed by atoms with Crippen molar-refractivity contribution in [2.45, 2.75) is 13.0 Å². The number of hydrogen-bond donors (Lipinski definition) is 2. The maximum Gasteiger partial charge on any atom is 0.325 e. The number of amides is 1. The summed E-state index contributed by atoms with van der Waals surface area (Å²) in [5.74, 6) is -1.39. The van der Waals surface area contributed by atoms with Gasteiger partial charge in [0.2, 0.25) is 0 Å². The van der Waals surface area contributed by atoms with E-state index in [0.29, 0.717) is 6.54 Å². The lowest BCUT2D eigenvalue weighted by Crippen LogP contribution is -2.25. The summed E-state index contributed by atoms with van der Waals surface area (Å²) < 4.78 is 1.11. The molecule has 2 aromatic rings. The normalized spacial score (nSPS) is 10.3. The van der Waals surface area contributed by atoms with Crippen molar-refractivity contribution >= 4 is 23.2 Å². The molecule has 0 unspecified atom stereocenters. The first kappa shape index (κ1) is 13.2. The SMILES string of the molecule is O=C(O)Cn1cc(C(=O)NCCc2cccs2)nn1. The van der Waals surface area contributed by atoms with Gasteiger partial charge in [0.1, 0.15) is 6.54 Å². The largest absolute Gasteiger partial charge is 0.480 e. The number of hydrogen-bond acceptors (Lipinski definition) is 5. The molecule has 0 aliphatic carbocycles. The lowest BCUT2D eigenvalue weighted by Gasteiger charge is -2.00. The van der Waals surface area contributed by atoms with Crippen LogP contribution < -0.4 is 5.32 Å². The van der Waals surface area contributed by atoms with Crippen molar-refractivity contribution in [1.82, 2.24) is 20.3 Å². The van der Waals surface area contributed by atoms with Gasteiger partial charge in [0.05, 0.1) is 6.20 Å². The van der Waals surface area contributed by atoms with Gasteiger partial charge in [0.15, 0.2) is 5.69 Å². The highest BCUT2D eigenvalue weighted by Gasteiger charge is 2.11. The van der Waals surface area contributed by atoms with E-state index < -0.39 is 5.97 Å². The molecule has 0 aliphatic heterocycles. The molecule has 19 heavy (non-hydrogen) atoms. The molecule has 2 aromatic heterocycles. The highest BCUT2D eigenvalue weighted by molar-refractivity contribution is 7.09. The maximum absolute atomic E-state index is 11.7. The molecule has 0 saturated heterocycles. The van der Waals surface area contributed by atoms with Crippen molar-refractivity contribution in [3.63, 3.8) is 0 Å². The molecule has 100 valence electrons. The second-order valence-electron chi connectivity index (χ2n) is 3.78. The number of thiophene rings is 1. The topological polar surface area (TPSA) is 97.1 Å². The van der Waals surface area contributed by atoms with Crippen LogP contribution in [0.3, 0.4) is 0 Å². The Bertz CT molecular complexity index is 564. The highest BCUT2D eigenvalue weighted by Crippen LogP contribution is 2.08. The quantitative estimate of drug-likeness (QED) is 0.798. The average molecular weight is 280 g/mol. The number of carbonyl (C=O) groups is 2. The smallest absolute Gasteiger partial charge is 0.325 e. The third-order valence-corrected chi connectivity index (χ3v) is 3.24. The summed E-state index contributed by atoms with van der Waals surface area (Å²) in [6.07, 6.45) is 2.07. The Morgan fingerprint density at radius 3 is 3.00 bits per heavy atom. The van der Waals surface area contributed by atoms with Gasteiger partial charge in [-0.25, -0.2) is 4.68 Å². The number of nitrogens with zero attached hydrogens (tertiary/aromatic N) is 3. The van der Waals surface area contributed by atoms with E-state index in [1.165, 1.54) is 11.1 Å². The van der Waals surface area contributed by atoms with Crippen molar-refractivity contribution in [1.29, 1.82) is 0 Å². The first-order valence-electron chi connectivity index (χ1n) is 5.57. The van der Waals surface area contributed by atoms with Crippen molar-refractivity contribution in [2.24, 2.45) is 0 Å². The zero-order valence-corrected chi connectivity index (χ0v) is 10.8. The average Bonchev–Trinajstić information content (AvgIpc) is 2.99. The molecule has 0 spiro atoms. The molecule has 2 N–H and O–H groups in total. The minimum absolute atomic E-state index is 0.118. The summed E-state index contributed by atoms with van der Waals surface area (Å²) in [6, 6.07) is 3.96. The van der Waals surface area contributed by atoms with Crippen molar-refractivity contribution in [2.75, 3.05) is 6.54 Å². The number of carbonyl (C=O) groups excluding carboxylic acids is 1. The van der Waals surface area contributed by atoms with E-state index in [2.05, 4.69) is 15.6 Å². The van der Waals surface area contributed by atoms with E-state index >= 15 is 0 Å².